The van der Waals surface area contributed by atoms with Gasteiger partial charge in [-0.15, -0.1) is 0 Å². The van der Waals surface area contributed by atoms with Crippen molar-refractivity contribution in [2.45, 2.75) is 11.7 Å². The van der Waals surface area contributed by atoms with E-state index in [9.17, 15) is 9.59 Å². The number of carbonyl (C=O) groups is 2. The van der Waals surface area contributed by atoms with Crippen LogP contribution in [0.5, 0.6) is 0 Å². The Kier molecular flexibility index (Phi) is 2.86. The predicted octanol–water partition coefficient (Wildman–Crippen LogP) is 1.80. The molecule has 1 aromatic carbocycles. The number of ether oxygens (including phenoxy) is 2. The molecule has 2 bridgehead atoms. The van der Waals surface area contributed by atoms with Crippen LogP contribution in [0.25, 0.3) is 0 Å². The van der Waals surface area contributed by atoms with E-state index in [4.69, 9.17) is 21.1 Å². The Hall–Kier alpha value is -1.85. The predicted molar refractivity (Wildman–Crippen MR) is 79.5 cm³/mol. The van der Waals surface area contributed by atoms with E-state index in [1.807, 2.05) is 12.2 Å². The zero-order chi connectivity index (χ0) is 15.5. The molecule has 4 atom stereocenters. The maximum absolute atomic E-state index is 12.9. The molecule has 1 spiro atoms. The van der Waals surface area contributed by atoms with E-state index in [-0.39, 0.29) is 12.0 Å². The second-order valence-electron chi connectivity index (χ2n) is 5.82. The van der Waals surface area contributed by atoms with Gasteiger partial charge in [0.1, 0.15) is 11.5 Å². The van der Waals surface area contributed by atoms with Crippen molar-refractivity contribution in [2.24, 2.45) is 11.8 Å². The van der Waals surface area contributed by atoms with Crippen molar-refractivity contribution >= 4 is 29.2 Å². The summed E-state index contributed by atoms with van der Waals surface area (Å²) in [4.78, 5) is 26.6. The molecule has 0 N–H and O–H groups in total. The van der Waals surface area contributed by atoms with Crippen molar-refractivity contribution < 1.29 is 19.1 Å². The van der Waals surface area contributed by atoms with Gasteiger partial charge in [0.15, 0.2) is 0 Å². The number of nitrogens with zero attached hydrogens (tertiary/aromatic N) is 1. The Bertz CT molecular complexity index is 686. The van der Waals surface area contributed by atoms with E-state index in [1.165, 1.54) is 7.11 Å². The first-order valence-electron chi connectivity index (χ1n) is 7.08. The molecule has 0 aliphatic carbocycles. The van der Waals surface area contributed by atoms with Gasteiger partial charge >= 0.3 is 5.97 Å². The van der Waals surface area contributed by atoms with Crippen molar-refractivity contribution in [3.63, 3.8) is 0 Å². The summed E-state index contributed by atoms with van der Waals surface area (Å²) in [6, 6.07) is 7.06. The van der Waals surface area contributed by atoms with Crippen molar-refractivity contribution in [3.05, 3.63) is 41.4 Å². The molecule has 114 valence electrons. The minimum Gasteiger partial charge on any atom is -0.469 e. The zero-order valence-corrected chi connectivity index (χ0v) is 12.6. The smallest absolute Gasteiger partial charge is 0.312 e. The standard InChI is InChI=1S/C16H14ClNO4/c1-21-15(20)12-11-6-7-16(22-11)8-18(14(19)13(12)16)10-4-2-9(17)3-5-10/h2-7,11-13H,8H2,1H3/t11-,12+,13-,16+/m1/s1. The minimum atomic E-state index is -0.722. The molecule has 1 aromatic rings. The molecular formula is C16H14ClNO4. The third-order valence-electron chi connectivity index (χ3n) is 4.71. The topological polar surface area (TPSA) is 55.8 Å². The van der Waals surface area contributed by atoms with Gasteiger partial charge < -0.3 is 14.4 Å². The van der Waals surface area contributed by atoms with Crippen LogP contribution in [-0.4, -0.2) is 37.2 Å². The van der Waals surface area contributed by atoms with Gasteiger partial charge in [-0.25, -0.2) is 0 Å². The number of amides is 1. The van der Waals surface area contributed by atoms with Crippen molar-refractivity contribution in [1.29, 1.82) is 0 Å². The SMILES string of the molecule is COC(=O)[C@H]1[C@H]2C=C[C@@]3(CN(c4ccc(Cl)cc4)C(=O)[C@@H]13)O2. The number of carbonyl (C=O) groups excluding carboxylic acids is 2. The third kappa shape index (κ3) is 1.69. The normalized spacial score (nSPS) is 35.1. The number of hydrogen-bond donors (Lipinski definition) is 0. The van der Waals surface area contributed by atoms with Crippen LogP contribution in [0, 0.1) is 11.8 Å². The molecule has 0 saturated carbocycles. The highest BCUT2D eigenvalue weighted by atomic mass is 35.5. The molecule has 0 radical (unpaired) electrons. The van der Waals surface area contributed by atoms with Gasteiger partial charge in [-0.2, -0.15) is 0 Å². The first-order valence-corrected chi connectivity index (χ1v) is 7.45. The molecule has 3 aliphatic heterocycles. The third-order valence-corrected chi connectivity index (χ3v) is 4.96. The highest BCUT2D eigenvalue weighted by Crippen LogP contribution is 2.52. The van der Waals surface area contributed by atoms with Gasteiger partial charge in [0.05, 0.1) is 25.7 Å². The Morgan fingerprint density at radius 2 is 2.14 bits per heavy atom. The Labute approximate surface area is 132 Å². The summed E-state index contributed by atoms with van der Waals surface area (Å²) in [5.41, 5.74) is 0.0301. The molecule has 1 amide bonds. The first-order chi connectivity index (χ1) is 10.6. The van der Waals surface area contributed by atoms with Crippen LogP contribution in [0.3, 0.4) is 0 Å². The largest absolute Gasteiger partial charge is 0.469 e. The molecule has 6 heteroatoms. The van der Waals surface area contributed by atoms with Crippen LogP contribution in [-0.2, 0) is 19.1 Å². The Morgan fingerprint density at radius 1 is 1.41 bits per heavy atom. The molecule has 0 unspecified atom stereocenters. The second kappa shape index (κ2) is 4.57. The van der Waals surface area contributed by atoms with E-state index in [0.29, 0.717) is 11.6 Å². The van der Waals surface area contributed by atoms with E-state index in [0.717, 1.165) is 5.69 Å². The van der Waals surface area contributed by atoms with Crippen molar-refractivity contribution in [2.75, 3.05) is 18.6 Å². The van der Waals surface area contributed by atoms with Gasteiger partial charge in [0.25, 0.3) is 0 Å². The summed E-state index contributed by atoms with van der Waals surface area (Å²) in [7, 11) is 1.33. The molecular weight excluding hydrogens is 306 g/mol. The van der Waals surface area contributed by atoms with Crippen LogP contribution in [0.15, 0.2) is 36.4 Å². The van der Waals surface area contributed by atoms with Gasteiger partial charge in [-0.1, -0.05) is 23.8 Å². The fraction of sp³-hybridized carbons (Fsp3) is 0.375. The average molecular weight is 320 g/mol. The lowest BCUT2D eigenvalue weighted by Crippen LogP contribution is -2.39. The van der Waals surface area contributed by atoms with E-state index >= 15 is 0 Å². The van der Waals surface area contributed by atoms with E-state index in [1.54, 1.807) is 29.2 Å². The van der Waals surface area contributed by atoms with Gasteiger partial charge in [0, 0.05) is 10.7 Å². The van der Waals surface area contributed by atoms with E-state index in [2.05, 4.69) is 0 Å². The molecule has 3 aliphatic rings. The number of hydrogen-bond acceptors (Lipinski definition) is 4. The summed E-state index contributed by atoms with van der Waals surface area (Å²) in [5.74, 6) is -1.59. The second-order valence-corrected chi connectivity index (χ2v) is 6.26. The Balaban J connectivity index is 1.71. The number of rotatable bonds is 2. The monoisotopic (exact) mass is 319 g/mol. The van der Waals surface area contributed by atoms with Gasteiger partial charge in [-0.05, 0) is 24.3 Å². The number of benzene rings is 1. The molecule has 4 rings (SSSR count). The van der Waals surface area contributed by atoms with Crippen molar-refractivity contribution in [3.8, 4) is 0 Å². The number of esters is 1. The quantitative estimate of drug-likeness (QED) is 0.616. The summed E-state index contributed by atoms with van der Waals surface area (Å²) >= 11 is 5.89. The Morgan fingerprint density at radius 3 is 2.82 bits per heavy atom. The van der Waals surface area contributed by atoms with Crippen molar-refractivity contribution in [1.82, 2.24) is 0 Å². The highest BCUT2D eigenvalue weighted by molar-refractivity contribution is 6.30. The molecule has 3 heterocycles. The number of methoxy groups -OCH3 is 1. The number of anilines is 1. The number of halogens is 1. The summed E-state index contributed by atoms with van der Waals surface area (Å²) < 4.78 is 10.8. The molecule has 5 nitrogen and oxygen atoms in total. The van der Waals surface area contributed by atoms with Crippen LogP contribution in [0.2, 0.25) is 5.02 Å². The lowest BCUT2D eigenvalue weighted by atomic mass is 9.77. The van der Waals surface area contributed by atoms with Crippen LogP contribution < -0.4 is 4.90 Å². The van der Waals surface area contributed by atoms with Crippen LogP contribution >= 0.6 is 11.6 Å². The number of fused-ring (bicyclic) bond motifs is 1. The van der Waals surface area contributed by atoms with Crippen LogP contribution in [0.1, 0.15) is 0 Å². The average Bonchev–Trinajstić information content (AvgIpc) is 3.16. The van der Waals surface area contributed by atoms with Gasteiger partial charge in [-0.3, -0.25) is 9.59 Å². The molecule has 2 saturated heterocycles. The van der Waals surface area contributed by atoms with Gasteiger partial charge in [0.2, 0.25) is 5.91 Å². The maximum Gasteiger partial charge on any atom is 0.312 e. The summed E-state index contributed by atoms with van der Waals surface area (Å²) in [6.07, 6.45) is 3.40. The fourth-order valence-electron chi connectivity index (χ4n) is 3.74. The highest BCUT2D eigenvalue weighted by Gasteiger charge is 2.67. The lowest BCUT2D eigenvalue weighted by molar-refractivity contribution is -0.149. The maximum atomic E-state index is 12.9. The molecule has 2 fully saturated rings. The lowest BCUT2D eigenvalue weighted by Gasteiger charge is -2.22. The van der Waals surface area contributed by atoms with Crippen LogP contribution in [0.4, 0.5) is 5.69 Å². The minimum absolute atomic E-state index is 0.107. The molecule has 22 heavy (non-hydrogen) atoms. The summed E-state index contributed by atoms with van der Waals surface area (Å²) in [6.45, 7) is 0.401. The fourth-order valence-corrected chi connectivity index (χ4v) is 3.87. The van der Waals surface area contributed by atoms with E-state index < -0.39 is 23.4 Å². The summed E-state index contributed by atoms with van der Waals surface area (Å²) in [5, 5.41) is 0.610. The first kappa shape index (κ1) is 13.8. The zero-order valence-electron chi connectivity index (χ0n) is 11.9. The molecule has 0 aromatic heterocycles.